The van der Waals surface area contributed by atoms with Crippen LogP contribution in [0.5, 0.6) is 0 Å². The third-order valence-electron chi connectivity index (χ3n) is 2.62. The predicted octanol–water partition coefficient (Wildman–Crippen LogP) is 1.63. The Morgan fingerprint density at radius 3 is 2.71 bits per heavy atom. The van der Waals surface area contributed by atoms with Gasteiger partial charge in [-0.3, -0.25) is 0 Å². The molecule has 1 heterocycles. The maximum Gasteiger partial charge on any atom is 0.315 e. The molecule has 0 aromatic carbocycles. The zero-order valence-electron chi connectivity index (χ0n) is 10.8. The highest BCUT2D eigenvalue weighted by Crippen LogP contribution is 1.99. The van der Waals surface area contributed by atoms with Crippen LogP contribution in [0.2, 0.25) is 0 Å². The molecular formula is C12H20N4O. The number of rotatable bonds is 4. The second kappa shape index (κ2) is 6.18. The van der Waals surface area contributed by atoms with Crippen LogP contribution in [0.1, 0.15) is 32.3 Å². The molecule has 17 heavy (non-hydrogen) atoms. The minimum absolute atomic E-state index is 0.155. The van der Waals surface area contributed by atoms with E-state index in [1.807, 2.05) is 13.8 Å². The van der Waals surface area contributed by atoms with Crippen molar-refractivity contribution >= 4 is 6.03 Å². The summed E-state index contributed by atoms with van der Waals surface area (Å²) in [6.07, 6.45) is 1.69. The standard InChI is InChI=1S/C12H20N4O/c1-8(2)9(3)15-12(17)14-7-11-5-6-13-10(4)16-11/h5-6,8-9H,7H2,1-4H3,(H2,14,15,17)/t9-/m1/s1. The van der Waals surface area contributed by atoms with Crippen molar-refractivity contribution < 1.29 is 4.79 Å². The number of nitrogens with one attached hydrogen (secondary N) is 2. The lowest BCUT2D eigenvalue weighted by Crippen LogP contribution is -2.42. The van der Waals surface area contributed by atoms with Gasteiger partial charge in [-0.25, -0.2) is 14.8 Å². The number of amides is 2. The molecule has 0 saturated carbocycles. The molecule has 0 saturated heterocycles. The molecule has 94 valence electrons. The zero-order valence-corrected chi connectivity index (χ0v) is 10.8. The summed E-state index contributed by atoms with van der Waals surface area (Å²) in [5, 5.41) is 5.64. The van der Waals surface area contributed by atoms with Crippen molar-refractivity contribution in [2.75, 3.05) is 0 Å². The Bertz CT molecular complexity index is 379. The molecule has 0 aliphatic carbocycles. The topological polar surface area (TPSA) is 66.9 Å². The molecular weight excluding hydrogens is 216 g/mol. The SMILES string of the molecule is Cc1nccc(CNC(=O)N[C@H](C)C(C)C)n1. The number of aryl methyl sites for hydroxylation is 1. The van der Waals surface area contributed by atoms with Gasteiger partial charge in [0.2, 0.25) is 0 Å². The summed E-state index contributed by atoms with van der Waals surface area (Å²) in [5.74, 6) is 1.13. The molecule has 0 aliphatic rings. The number of nitrogens with zero attached hydrogens (tertiary/aromatic N) is 2. The molecule has 0 aliphatic heterocycles. The summed E-state index contributed by atoms with van der Waals surface area (Å²) in [5.41, 5.74) is 0.810. The first-order valence-corrected chi connectivity index (χ1v) is 5.82. The van der Waals surface area contributed by atoms with Gasteiger partial charge in [0.15, 0.2) is 0 Å². The van der Waals surface area contributed by atoms with Gasteiger partial charge in [-0.15, -0.1) is 0 Å². The lowest BCUT2D eigenvalue weighted by Gasteiger charge is -2.17. The molecule has 5 nitrogen and oxygen atoms in total. The van der Waals surface area contributed by atoms with Gasteiger partial charge in [0.25, 0.3) is 0 Å². The third kappa shape index (κ3) is 4.80. The van der Waals surface area contributed by atoms with Crippen LogP contribution in [-0.2, 0) is 6.54 Å². The monoisotopic (exact) mass is 236 g/mol. The average Bonchev–Trinajstić information content (AvgIpc) is 2.26. The second-order valence-corrected chi connectivity index (χ2v) is 4.45. The van der Waals surface area contributed by atoms with Crippen LogP contribution in [0.15, 0.2) is 12.3 Å². The Balaban J connectivity index is 2.38. The molecule has 0 bridgehead atoms. The number of hydrogen-bond acceptors (Lipinski definition) is 3. The Kier molecular flexibility index (Phi) is 4.87. The predicted molar refractivity (Wildman–Crippen MR) is 66.4 cm³/mol. The maximum atomic E-state index is 11.6. The molecule has 1 aromatic rings. The molecule has 2 N–H and O–H groups in total. The van der Waals surface area contributed by atoms with Crippen LogP contribution in [0.4, 0.5) is 4.79 Å². The molecule has 2 amide bonds. The van der Waals surface area contributed by atoms with E-state index in [2.05, 4.69) is 34.4 Å². The molecule has 1 aromatic heterocycles. The van der Waals surface area contributed by atoms with Crippen LogP contribution < -0.4 is 10.6 Å². The summed E-state index contributed by atoms with van der Waals surface area (Å²) in [6.45, 7) is 8.36. The summed E-state index contributed by atoms with van der Waals surface area (Å²) in [6, 6.07) is 1.78. The first kappa shape index (κ1) is 13.4. The summed E-state index contributed by atoms with van der Waals surface area (Å²) in [7, 11) is 0. The molecule has 1 rings (SSSR count). The van der Waals surface area contributed by atoms with E-state index < -0.39 is 0 Å². The van der Waals surface area contributed by atoms with Crippen molar-refractivity contribution in [1.82, 2.24) is 20.6 Å². The van der Waals surface area contributed by atoms with Crippen LogP contribution in [0, 0.1) is 12.8 Å². The smallest absolute Gasteiger partial charge is 0.315 e. The van der Waals surface area contributed by atoms with Gasteiger partial charge < -0.3 is 10.6 Å². The molecule has 0 spiro atoms. The van der Waals surface area contributed by atoms with Crippen molar-refractivity contribution in [1.29, 1.82) is 0 Å². The molecule has 0 radical (unpaired) electrons. The fraction of sp³-hybridized carbons (Fsp3) is 0.583. The number of carbonyl (C=O) groups is 1. The summed E-state index contributed by atoms with van der Waals surface area (Å²) in [4.78, 5) is 19.8. The number of carbonyl (C=O) groups excluding carboxylic acids is 1. The van der Waals surface area contributed by atoms with Gasteiger partial charge in [-0.2, -0.15) is 0 Å². The van der Waals surface area contributed by atoms with E-state index in [1.54, 1.807) is 12.3 Å². The number of aromatic nitrogens is 2. The van der Waals surface area contributed by atoms with E-state index in [0.29, 0.717) is 18.3 Å². The normalized spacial score (nSPS) is 12.3. The van der Waals surface area contributed by atoms with Crippen LogP contribution in [-0.4, -0.2) is 22.0 Å². The molecule has 5 heteroatoms. The molecule has 0 fully saturated rings. The Hall–Kier alpha value is -1.65. The first-order valence-electron chi connectivity index (χ1n) is 5.82. The minimum Gasteiger partial charge on any atom is -0.335 e. The lowest BCUT2D eigenvalue weighted by atomic mass is 10.1. The van der Waals surface area contributed by atoms with Crippen LogP contribution >= 0.6 is 0 Å². The molecule has 0 unspecified atom stereocenters. The van der Waals surface area contributed by atoms with Crippen molar-refractivity contribution in [2.45, 2.75) is 40.3 Å². The quantitative estimate of drug-likeness (QED) is 0.835. The van der Waals surface area contributed by atoms with Gasteiger partial charge in [0, 0.05) is 12.2 Å². The number of urea groups is 1. The van der Waals surface area contributed by atoms with E-state index in [1.165, 1.54) is 0 Å². The Labute approximate surface area is 102 Å². The van der Waals surface area contributed by atoms with Gasteiger partial charge >= 0.3 is 6.03 Å². The highest BCUT2D eigenvalue weighted by atomic mass is 16.2. The number of hydrogen-bond donors (Lipinski definition) is 2. The average molecular weight is 236 g/mol. The van der Waals surface area contributed by atoms with E-state index in [-0.39, 0.29) is 12.1 Å². The van der Waals surface area contributed by atoms with Crippen molar-refractivity contribution in [3.05, 3.63) is 23.8 Å². The van der Waals surface area contributed by atoms with Gasteiger partial charge in [-0.1, -0.05) is 13.8 Å². The highest BCUT2D eigenvalue weighted by molar-refractivity contribution is 5.74. The van der Waals surface area contributed by atoms with Gasteiger partial charge in [-0.05, 0) is 25.8 Å². The molecule has 1 atom stereocenters. The largest absolute Gasteiger partial charge is 0.335 e. The van der Waals surface area contributed by atoms with E-state index in [4.69, 9.17) is 0 Å². The minimum atomic E-state index is -0.164. The Morgan fingerprint density at radius 2 is 2.12 bits per heavy atom. The van der Waals surface area contributed by atoms with Crippen molar-refractivity contribution in [3.8, 4) is 0 Å². The lowest BCUT2D eigenvalue weighted by molar-refractivity contribution is 0.234. The van der Waals surface area contributed by atoms with E-state index in [9.17, 15) is 4.79 Å². The Morgan fingerprint density at radius 1 is 1.41 bits per heavy atom. The van der Waals surface area contributed by atoms with E-state index in [0.717, 1.165) is 5.69 Å². The zero-order chi connectivity index (χ0) is 12.8. The van der Waals surface area contributed by atoms with E-state index >= 15 is 0 Å². The highest BCUT2D eigenvalue weighted by Gasteiger charge is 2.10. The summed E-state index contributed by atoms with van der Waals surface area (Å²) < 4.78 is 0. The first-order chi connectivity index (χ1) is 7.99. The van der Waals surface area contributed by atoms with Gasteiger partial charge in [0.1, 0.15) is 5.82 Å². The van der Waals surface area contributed by atoms with Crippen molar-refractivity contribution in [3.63, 3.8) is 0 Å². The van der Waals surface area contributed by atoms with Gasteiger partial charge in [0.05, 0.1) is 12.2 Å². The fourth-order valence-electron chi connectivity index (χ4n) is 1.20. The summed E-state index contributed by atoms with van der Waals surface area (Å²) >= 11 is 0. The van der Waals surface area contributed by atoms with Crippen molar-refractivity contribution in [2.24, 2.45) is 5.92 Å². The third-order valence-corrected chi connectivity index (χ3v) is 2.62. The van der Waals surface area contributed by atoms with Crippen LogP contribution in [0.3, 0.4) is 0 Å². The fourth-order valence-corrected chi connectivity index (χ4v) is 1.20. The second-order valence-electron chi connectivity index (χ2n) is 4.45. The van der Waals surface area contributed by atoms with Crippen LogP contribution in [0.25, 0.3) is 0 Å². The maximum absolute atomic E-state index is 11.6.